The third-order valence-electron chi connectivity index (χ3n) is 11.3. The summed E-state index contributed by atoms with van der Waals surface area (Å²) in [5.41, 5.74) is 5.70. The summed E-state index contributed by atoms with van der Waals surface area (Å²) in [6, 6.07) is 9.49. The highest BCUT2D eigenvalue weighted by Crippen LogP contribution is 2.38. The van der Waals surface area contributed by atoms with Crippen molar-refractivity contribution in [2.45, 2.75) is 75.7 Å². The fourth-order valence-corrected chi connectivity index (χ4v) is 8.32. The molecule has 4 aliphatic rings. The minimum absolute atomic E-state index is 0.0258. The summed E-state index contributed by atoms with van der Waals surface area (Å²) < 4.78 is 47.4. The molecule has 6 rings (SSSR count). The fourth-order valence-electron chi connectivity index (χ4n) is 8.08. The van der Waals surface area contributed by atoms with E-state index < -0.39 is 41.5 Å². The van der Waals surface area contributed by atoms with Gasteiger partial charge in [0, 0.05) is 89.5 Å². The maximum atomic E-state index is 14.1. The van der Waals surface area contributed by atoms with Gasteiger partial charge in [0.15, 0.2) is 6.10 Å². The predicted octanol–water partition coefficient (Wildman–Crippen LogP) is 4.54. The number of benzene rings is 2. The van der Waals surface area contributed by atoms with Crippen molar-refractivity contribution >= 4 is 52.9 Å². The first-order valence-electron chi connectivity index (χ1n) is 19.0. The Hall–Kier alpha value is -4.77. The molecule has 5 amide bonds. The number of piperidine rings is 2. The van der Waals surface area contributed by atoms with Crippen LogP contribution in [0.25, 0.3) is 0 Å². The number of fused-ring (bicyclic) bond motifs is 1. The van der Waals surface area contributed by atoms with E-state index in [9.17, 15) is 37.1 Å². The molecular weight excluding hydrogens is 759 g/mol. The number of ether oxygens (including phenoxy) is 1. The number of urea groups is 1. The van der Waals surface area contributed by atoms with Gasteiger partial charge in [0.05, 0.1) is 22.7 Å². The summed E-state index contributed by atoms with van der Waals surface area (Å²) in [5, 5.41) is 11.5. The second-order valence-electron chi connectivity index (χ2n) is 14.7. The van der Waals surface area contributed by atoms with Crippen LogP contribution in [-0.4, -0.2) is 137 Å². The molecule has 304 valence electrons. The van der Waals surface area contributed by atoms with Gasteiger partial charge < -0.3 is 40.5 Å². The van der Waals surface area contributed by atoms with Gasteiger partial charge in [0.1, 0.15) is 0 Å². The van der Waals surface area contributed by atoms with Crippen molar-refractivity contribution in [3.8, 4) is 0 Å². The molecule has 3 fully saturated rings. The second-order valence-corrected chi connectivity index (χ2v) is 15.1. The van der Waals surface area contributed by atoms with Crippen LogP contribution in [0.4, 0.5) is 34.1 Å². The number of amides is 5. The van der Waals surface area contributed by atoms with Gasteiger partial charge in [0.2, 0.25) is 5.91 Å². The number of rotatable bonds is 9. The van der Waals surface area contributed by atoms with Gasteiger partial charge in [-0.15, -0.1) is 0 Å². The Bertz CT molecular complexity index is 1790. The lowest BCUT2D eigenvalue weighted by Crippen LogP contribution is -2.57. The van der Waals surface area contributed by atoms with Gasteiger partial charge in [-0.05, 0) is 61.4 Å². The van der Waals surface area contributed by atoms with Crippen LogP contribution in [0.2, 0.25) is 5.02 Å². The normalized spacial score (nSPS) is 19.5. The molecule has 0 bridgehead atoms. The third-order valence-corrected chi connectivity index (χ3v) is 11.6. The fraction of sp³-hybridized carbons (Fsp3) is 0.553. The van der Waals surface area contributed by atoms with Gasteiger partial charge in [0.25, 0.3) is 5.91 Å². The average molecular weight is 806 g/mol. The zero-order chi connectivity index (χ0) is 40.1. The van der Waals surface area contributed by atoms with Crippen molar-refractivity contribution in [3.63, 3.8) is 0 Å². The van der Waals surface area contributed by atoms with E-state index in [1.165, 1.54) is 11.0 Å². The van der Waals surface area contributed by atoms with Gasteiger partial charge >= 0.3 is 24.3 Å². The smallest absolute Gasteiger partial charge is 0.418 e. The van der Waals surface area contributed by atoms with Crippen LogP contribution >= 0.6 is 11.6 Å². The molecule has 0 saturated carbocycles. The highest BCUT2D eigenvalue weighted by Gasteiger charge is 2.38. The Morgan fingerprint density at radius 3 is 2.18 bits per heavy atom. The van der Waals surface area contributed by atoms with Crippen LogP contribution in [-0.2, 0) is 38.1 Å². The van der Waals surface area contributed by atoms with Crippen LogP contribution in [0.3, 0.4) is 0 Å². The molecule has 14 nitrogen and oxygen atoms in total. The lowest BCUT2D eigenvalue weighted by molar-refractivity contribution is -0.143. The van der Waals surface area contributed by atoms with E-state index in [0.717, 1.165) is 17.3 Å². The topological polar surface area (TPSA) is 169 Å². The summed E-state index contributed by atoms with van der Waals surface area (Å²) in [6.07, 6.45) is -4.67. The first-order valence-corrected chi connectivity index (χ1v) is 19.3. The number of nitrogen functional groups attached to an aromatic ring is 1. The zero-order valence-electron chi connectivity index (χ0n) is 30.9. The number of likely N-dealkylation sites (tertiary alicyclic amines) is 2. The number of hydrogen-bond acceptors (Lipinski definition) is 8. The van der Waals surface area contributed by atoms with Crippen LogP contribution in [0.1, 0.15) is 55.2 Å². The number of aliphatic carboxylic acids is 1. The van der Waals surface area contributed by atoms with Crippen molar-refractivity contribution in [1.29, 1.82) is 0 Å². The molecule has 4 N–H and O–H groups in total. The maximum Gasteiger partial charge on any atom is 0.418 e. The number of anilines is 2. The molecule has 0 aromatic heterocycles. The first kappa shape index (κ1) is 40.9. The number of carbonyl (C=O) groups is 5. The number of hydrogen-bond donors (Lipinski definition) is 3. The standard InChI is InChI=1S/C38H47ClF3N7O7/c39-29-22-24(21-28(34(29)43)38(40,41)42)23-31(35(53)47-19-17-45(18-20-47)26-8-12-46(13-9-26)32(50)5-6-33(51)52)56-37(55)48-14-10-27(11-15-48)49-16-7-25-3-1-2-4-30(25)44-36(49)54/h1-4,21-22,26-27,31H,5-20,23,43H2,(H,44,54)(H,51,52)/t31-/m1/s1. The Morgan fingerprint density at radius 2 is 1.52 bits per heavy atom. The van der Waals surface area contributed by atoms with Crippen LogP contribution in [0.5, 0.6) is 0 Å². The number of nitrogens with zero attached hydrogens (tertiary/aromatic N) is 5. The maximum absolute atomic E-state index is 14.1. The number of halogens is 4. The molecule has 2 aromatic rings. The molecule has 0 radical (unpaired) electrons. The zero-order valence-corrected chi connectivity index (χ0v) is 31.7. The molecule has 2 aromatic carbocycles. The number of para-hydroxylation sites is 1. The molecule has 0 unspecified atom stereocenters. The summed E-state index contributed by atoms with van der Waals surface area (Å²) in [7, 11) is 0. The summed E-state index contributed by atoms with van der Waals surface area (Å²) in [5.74, 6) is -1.76. The van der Waals surface area contributed by atoms with E-state index in [1.54, 1.807) is 14.7 Å². The molecule has 4 aliphatic heterocycles. The Balaban J connectivity index is 1.08. The highest BCUT2D eigenvalue weighted by molar-refractivity contribution is 6.33. The number of carbonyl (C=O) groups excluding carboxylic acids is 4. The molecule has 18 heteroatoms. The Kier molecular flexibility index (Phi) is 12.8. The number of alkyl halides is 3. The molecule has 0 aliphatic carbocycles. The minimum Gasteiger partial charge on any atom is -0.481 e. The van der Waals surface area contributed by atoms with Crippen molar-refractivity contribution in [2.24, 2.45) is 0 Å². The van der Waals surface area contributed by atoms with Crippen LogP contribution in [0.15, 0.2) is 36.4 Å². The number of carboxylic acid groups (broad SMARTS) is 1. The van der Waals surface area contributed by atoms with Gasteiger partial charge in [-0.2, -0.15) is 13.2 Å². The molecule has 3 saturated heterocycles. The van der Waals surface area contributed by atoms with E-state index in [-0.39, 0.29) is 80.0 Å². The summed E-state index contributed by atoms with van der Waals surface area (Å²) in [6.45, 7) is 3.58. The summed E-state index contributed by atoms with van der Waals surface area (Å²) >= 11 is 6.11. The largest absolute Gasteiger partial charge is 0.481 e. The minimum atomic E-state index is -4.81. The predicted molar refractivity (Wildman–Crippen MR) is 200 cm³/mol. The van der Waals surface area contributed by atoms with E-state index in [0.29, 0.717) is 64.8 Å². The average Bonchev–Trinajstić information content (AvgIpc) is 3.35. The first-order chi connectivity index (χ1) is 26.7. The molecular formula is C38H47ClF3N7O7. The molecule has 0 spiro atoms. The van der Waals surface area contributed by atoms with Crippen LogP contribution < -0.4 is 11.1 Å². The lowest BCUT2D eigenvalue weighted by atomic mass is 10.0. The van der Waals surface area contributed by atoms with Gasteiger partial charge in [-0.3, -0.25) is 19.3 Å². The number of piperazine rings is 1. The molecule has 1 atom stereocenters. The summed E-state index contributed by atoms with van der Waals surface area (Å²) in [4.78, 5) is 72.8. The SMILES string of the molecule is Nc1c(Cl)cc(C[C@@H](OC(=O)N2CCC(N3CCc4ccccc4NC3=O)CC2)C(=O)N2CCN(C3CCN(C(=O)CCC(=O)O)CC3)CC2)cc1C(F)(F)F. The molecule has 4 heterocycles. The Labute approximate surface area is 327 Å². The van der Waals surface area contributed by atoms with E-state index in [4.69, 9.17) is 27.2 Å². The monoisotopic (exact) mass is 805 g/mol. The van der Waals surface area contributed by atoms with Crippen molar-refractivity contribution in [3.05, 3.63) is 58.1 Å². The van der Waals surface area contributed by atoms with E-state index in [2.05, 4.69) is 10.2 Å². The van der Waals surface area contributed by atoms with E-state index >= 15 is 0 Å². The lowest BCUT2D eigenvalue weighted by Gasteiger charge is -2.43. The Morgan fingerprint density at radius 1 is 0.875 bits per heavy atom. The van der Waals surface area contributed by atoms with Gasteiger partial charge in [-0.25, -0.2) is 9.59 Å². The van der Waals surface area contributed by atoms with Crippen LogP contribution in [0, 0.1) is 0 Å². The quantitative estimate of drug-likeness (QED) is 0.308. The van der Waals surface area contributed by atoms with Crippen molar-refractivity contribution < 1.29 is 47.0 Å². The van der Waals surface area contributed by atoms with Crippen molar-refractivity contribution in [2.75, 3.05) is 70.0 Å². The van der Waals surface area contributed by atoms with Gasteiger partial charge in [-0.1, -0.05) is 29.8 Å². The van der Waals surface area contributed by atoms with E-state index in [1.807, 2.05) is 24.3 Å². The number of nitrogens with one attached hydrogen (secondary N) is 1. The number of carboxylic acids is 1. The third kappa shape index (κ3) is 9.78. The molecule has 56 heavy (non-hydrogen) atoms. The highest BCUT2D eigenvalue weighted by atomic mass is 35.5. The van der Waals surface area contributed by atoms with Crippen molar-refractivity contribution in [1.82, 2.24) is 24.5 Å². The second kappa shape index (κ2) is 17.6. The number of nitrogens with two attached hydrogens (primary N) is 1.